The Bertz CT molecular complexity index is 2130. The molecule has 15 heteroatoms. The molecule has 10 nitrogen and oxygen atoms in total. The number of ether oxygens (including phenoxy) is 1. The maximum atomic E-state index is 17.0. The molecule has 5 fully saturated rings. The van der Waals surface area contributed by atoms with E-state index in [0.717, 1.165) is 30.7 Å². The molecule has 4 aromatic rings. The van der Waals surface area contributed by atoms with Crippen molar-refractivity contribution in [2.45, 2.75) is 56.0 Å². The molecule has 5 aliphatic rings. The Balaban J connectivity index is 1.15. The summed E-state index contributed by atoms with van der Waals surface area (Å²) in [5.41, 5.74) is 5.75. The molecule has 9 rings (SSSR count). The molecule has 3 N–H and O–H groups in total. The number of fused-ring (bicyclic) bond motifs is 4. The summed E-state index contributed by atoms with van der Waals surface area (Å²) in [6.07, 6.45) is 1.11. The molecule has 2 aromatic heterocycles. The van der Waals surface area contributed by atoms with Crippen molar-refractivity contribution in [1.29, 1.82) is 5.26 Å². The summed E-state index contributed by atoms with van der Waals surface area (Å²) in [4.78, 5) is 28.5. The lowest BCUT2D eigenvalue weighted by Crippen LogP contribution is -2.56. The number of hydrogen-bond donors (Lipinski definition) is 2. The molecule has 0 bridgehead atoms. The van der Waals surface area contributed by atoms with Gasteiger partial charge in [-0.25, -0.2) is 13.2 Å². The van der Waals surface area contributed by atoms with Crippen LogP contribution in [0.2, 0.25) is 5.02 Å². The van der Waals surface area contributed by atoms with Crippen LogP contribution >= 0.6 is 22.9 Å². The van der Waals surface area contributed by atoms with Gasteiger partial charge in [0.05, 0.1) is 26.9 Å². The summed E-state index contributed by atoms with van der Waals surface area (Å²) in [6.45, 7) is 5.00. The van der Waals surface area contributed by atoms with E-state index in [1.165, 1.54) is 12.1 Å². The molecule has 0 aliphatic carbocycles. The van der Waals surface area contributed by atoms with Crippen LogP contribution in [0.15, 0.2) is 18.2 Å². The number of nitrogens with one attached hydrogen (secondary N) is 1. The standard InChI is InChI=1S/C34H32ClF3N8O2S/c1-15-27(41-15)32(47)44-10-16-11-46(23(16)13-44)31-19-7-21(35)25(18-3-4-22(37)29-24(18)20(9-39)30(40)49-29)26(38)28(19)42-33(43-31)48-14-34-5-2-6-45(34)12-17(36)8-34/h3-4,7,15-17,23,27,41H,2,5-6,8,10-14,40H2,1H3/t15-,16?,17+,23?,27+,34-/m0/s1. The number of alkyl halides is 1. The zero-order valence-corrected chi connectivity index (χ0v) is 28.1. The summed E-state index contributed by atoms with van der Waals surface area (Å²) >= 11 is 7.78. The van der Waals surface area contributed by atoms with E-state index < -0.39 is 23.3 Å². The first kappa shape index (κ1) is 31.1. The molecule has 1 amide bonds. The smallest absolute Gasteiger partial charge is 0.319 e. The van der Waals surface area contributed by atoms with Crippen LogP contribution in [0, 0.1) is 28.9 Å². The second-order valence-electron chi connectivity index (χ2n) is 14.0. The van der Waals surface area contributed by atoms with Crippen molar-refractivity contribution in [2.75, 3.05) is 50.0 Å². The predicted molar refractivity (Wildman–Crippen MR) is 181 cm³/mol. The number of thiophene rings is 1. The van der Waals surface area contributed by atoms with Crippen molar-refractivity contribution in [1.82, 2.24) is 25.1 Å². The molecule has 6 atom stereocenters. The zero-order valence-electron chi connectivity index (χ0n) is 26.5. The number of carbonyl (C=O) groups is 1. The average Bonchev–Trinajstić information content (AvgIpc) is 3.31. The van der Waals surface area contributed by atoms with Crippen LogP contribution in [-0.4, -0.2) is 94.8 Å². The van der Waals surface area contributed by atoms with Crippen molar-refractivity contribution in [2.24, 2.45) is 5.92 Å². The lowest BCUT2D eigenvalue weighted by molar-refractivity contribution is -0.129. The van der Waals surface area contributed by atoms with Crippen LogP contribution in [0.25, 0.3) is 32.1 Å². The van der Waals surface area contributed by atoms with Gasteiger partial charge in [-0.05, 0) is 44.0 Å². The Morgan fingerprint density at radius 2 is 2.08 bits per heavy atom. The molecule has 2 unspecified atom stereocenters. The highest BCUT2D eigenvalue weighted by Crippen LogP contribution is 2.47. The SMILES string of the molecule is C[C@@H]1N[C@H]1C(=O)N1CC2CN(c3nc(OC[C@@]45CCCN4C[C@H](F)C5)nc4c(F)c(-c5ccc(F)c6sc(N)c(C#N)c56)c(Cl)cc34)C2C1. The van der Waals surface area contributed by atoms with E-state index in [1.807, 2.05) is 22.8 Å². The molecule has 7 heterocycles. The number of rotatable bonds is 6. The van der Waals surface area contributed by atoms with Gasteiger partial charge in [-0.1, -0.05) is 17.7 Å². The van der Waals surface area contributed by atoms with E-state index in [1.54, 1.807) is 6.07 Å². The number of nitrogen functional groups attached to an aromatic ring is 1. The fraction of sp³-hybridized carbons (Fsp3) is 0.471. The molecular formula is C34H32ClF3N8O2S. The molecule has 0 saturated carbocycles. The van der Waals surface area contributed by atoms with E-state index in [0.29, 0.717) is 43.8 Å². The third kappa shape index (κ3) is 4.69. The summed E-state index contributed by atoms with van der Waals surface area (Å²) in [5.74, 6) is -0.633. The Labute approximate surface area is 288 Å². The number of benzene rings is 2. The van der Waals surface area contributed by atoms with Crippen molar-refractivity contribution in [3.8, 4) is 23.2 Å². The third-order valence-corrected chi connectivity index (χ3v) is 12.5. The number of hydrogen-bond acceptors (Lipinski definition) is 10. The van der Waals surface area contributed by atoms with Crippen LogP contribution in [-0.2, 0) is 4.79 Å². The molecule has 5 aliphatic heterocycles. The number of amides is 1. The van der Waals surface area contributed by atoms with Gasteiger partial charge < -0.3 is 20.3 Å². The minimum Gasteiger partial charge on any atom is -0.461 e. The van der Waals surface area contributed by atoms with Crippen molar-refractivity contribution in [3.05, 3.63) is 40.4 Å². The van der Waals surface area contributed by atoms with Gasteiger partial charge in [-0.15, -0.1) is 11.3 Å². The fourth-order valence-electron chi connectivity index (χ4n) is 8.62. The van der Waals surface area contributed by atoms with Crippen LogP contribution < -0.4 is 20.7 Å². The Hall–Kier alpha value is -3.90. The lowest BCUT2D eigenvalue weighted by Gasteiger charge is -2.44. The van der Waals surface area contributed by atoms with E-state index in [4.69, 9.17) is 27.1 Å². The molecule has 0 spiro atoms. The number of carbonyl (C=O) groups excluding carboxylic acids is 1. The van der Waals surface area contributed by atoms with Crippen LogP contribution in [0.3, 0.4) is 0 Å². The highest BCUT2D eigenvalue weighted by Gasteiger charge is 2.52. The van der Waals surface area contributed by atoms with Gasteiger partial charge in [-0.2, -0.15) is 15.2 Å². The van der Waals surface area contributed by atoms with Crippen LogP contribution in [0.5, 0.6) is 6.01 Å². The van der Waals surface area contributed by atoms with E-state index in [2.05, 4.69) is 15.2 Å². The Morgan fingerprint density at radius 3 is 2.86 bits per heavy atom. The van der Waals surface area contributed by atoms with Gasteiger partial charge in [0.25, 0.3) is 0 Å². The normalized spacial score (nSPS) is 28.9. The van der Waals surface area contributed by atoms with Crippen molar-refractivity contribution < 1.29 is 22.7 Å². The van der Waals surface area contributed by atoms with Crippen LogP contribution in [0.1, 0.15) is 31.7 Å². The highest BCUT2D eigenvalue weighted by atomic mass is 35.5. The predicted octanol–water partition coefficient (Wildman–Crippen LogP) is 4.86. The number of anilines is 2. The molecular weight excluding hydrogens is 677 g/mol. The summed E-state index contributed by atoms with van der Waals surface area (Å²) < 4.78 is 52.9. The van der Waals surface area contributed by atoms with Crippen molar-refractivity contribution >= 4 is 60.7 Å². The minimum atomic E-state index is -0.948. The van der Waals surface area contributed by atoms with Gasteiger partial charge in [-0.3, -0.25) is 15.0 Å². The first-order valence-electron chi connectivity index (χ1n) is 16.5. The molecule has 0 radical (unpaired) electrons. The largest absolute Gasteiger partial charge is 0.461 e. The first-order valence-corrected chi connectivity index (χ1v) is 17.7. The summed E-state index contributed by atoms with van der Waals surface area (Å²) in [6, 6.07) is 6.12. The second kappa shape index (κ2) is 11.1. The van der Waals surface area contributed by atoms with Gasteiger partial charge >= 0.3 is 6.01 Å². The maximum absolute atomic E-state index is 17.0. The van der Waals surface area contributed by atoms with Gasteiger partial charge in [0.1, 0.15) is 47.0 Å². The average molecular weight is 709 g/mol. The summed E-state index contributed by atoms with van der Waals surface area (Å²) in [7, 11) is 0. The van der Waals surface area contributed by atoms with Gasteiger partial charge in [0, 0.05) is 60.9 Å². The second-order valence-corrected chi connectivity index (χ2v) is 15.5. The Morgan fingerprint density at radius 1 is 1.27 bits per heavy atom. The quantitative estimate of drug-likeness (QED) is 0.270. The van der Waals surface area contributed by atoms with E-state index in [9.17, 15) is 18.8 Å². The summed E-state index contributed by atoms with van der Waals surface area (Å²) in [5, 5.41) is 13.7. The van der Waals surface area contributed by atoms with E-state index >= 15 is 4.39 Å². The molecule has 49 heavy (non-hydrogen) atoms. The highest BCUT2D eigenvalue weighted by molar-refractivity contribution is 7.23. The van der Waals surface area contributed by atoms with E-state index in [-0.39, 0.29) is 84.9 Å². The molecule has 5 saturated heterocycles. The number of aromatic nitrogens is 2. The number of halogens is 4. The fourth-order valence-corrected chi connectivity index (χ4v) is 9.86. The maximum Gasteiger partial charge on any atom is 0.319 e. The van der Waals surface area contributed by atoms with Gasteiger partial charge in [0.2, 0.25) is 5.91 Å². The lowest BCUT2D eigenvalue weighted by atomic mass is 9.91. The number of likely N-dealkylation sites (tertiary alicyclic amines) is 1. The monoisotopic (exact) mass is 708 g/mol. The number of nitrogens with zero attached hydrogens (tertiary/aromatic N) is 6. The first-order chi connectivity index (χ1) is 23.6. The minimum absolute atomic E-state index is 0.0274. The number of nitriles is 1. The van der Waals surface area contributed by atoms with Crippen LogP contribution in [0.4, 0.5) is 24.0 Å². The van der Waals surface area contributed by atoms with Crippen molar-refractivity contribution in [3.63, 3.8) is 0 Å². The third-order valence-electron chi connectivity index (χ3n) is 11.2. The topological polar surface area (TPSA) is 134 Å². The molecule has 254 valence electrons. The Kier molecular flexibility index (Phi) is 7.02. The molecule has 2 aromatic carbocycles. The zero-order chi connectivity index (χ0) is 33.9. The van der Waals surface area contributed by atoms with Gasteiger partial charge in [0.15, 0.2) is 5.82 Å². The number of nitrogens with two attached hydrogens (primary N) is 1.